The minimum absolute atomic E-state index is 0.0124. The van der Waals surface area contributed by atoms with Gasteiger partial charge in [-0.25, -0.2) is 0 Å². The second-order valence-corrected chi connectivity index (χ2v) is 6.51. The van der Waals surface area contributed by atoms with Crippen LogP contribution in [0.2, 0.25) is 0 Å². The molecule has 2 unspecified atom stereocenters. The van der Waals surface area contributed by atoms with Crippen LogP contribution in [0.5, 0.6) is 5.75 Å². The summed E-state index contributed by atoms with van der Waals surface area (Å²) in [6.45, 7) is 0. The van der Waals surface area contributed by atoms with Crippen LogP contribution < -0.4 is 0 Å². The van der Waals surface area contributed by atoms with Crippen molar-refractivity contribution in [3.05, 3.63) is 69.8 Å². The number of rotatable bonds is 5. The fraction of sp³-hybridized carbons (Fsp3) is 0.133. The van der Waals surface area contributed by atoms with Gasteiger partial charge in [0.25, 0.3) is 5.69 Å². The molecule has 0 amide bonds. The molecule has 0 aliphatic rings. The molecule has 0 saturated carbocycles. The molecular weight excluding hydrogens is 418 g/mol. The van der Waals surface area contributed by atoms with Gasteiger partial charge in [-0.2, -0.15) is 0 Å². The number of non-ortho nitro benzene ring substituents is 1. The van der Waals surface area contributed by atoms with E-state index in [-0.39, 0.29) is 27.6 Å². The SMILES string of the molecule is O=C(c1ccccc1O)C(Br)C(Br)c1ccc([N+](=O)[O-])cc1. The van der Waals surface area contributed by atoms with Gasteiger partial charge in [-0.15, -0.1) is 0 Å². The normalized spacial score (nSPS) is 13.4. The maximum atomic E-state index is 12.4. The molecule has 0 heterocycles. The fourth-order valence-electron chi connectivity index (χ4n) is 1.91. The van der Waals surface area contributed by atoms with Crippen LogP contribution in [0.15, 0.2) is 48.5 Å². The largest absolute Gasteiger partial charge is 0.507 e. The Labute approximate surface area is 143 Å². The number of nitro groups is 1. The number of halogens is 2. The van der Waals surface area contributed by atoms with E-state index in [0.29, 0.717) is 0 Å². The molecule has 2 aromatic rings. The number of benzene rings is 2. The first-order chi connectivity index (χ1) is 10.4. The lowest BCUT2D eigenvalue weighted by Crippen LogP contribution is -2.19. The van der Waals surface area contributed by atoms with Crippen molar-refractivity contribution in [1.82, 2.24) is 0 Å². The zero-order chi connectivity index (χ0) is 16.3. The number of nitro benzene ring substituents is 1. The summed E-state index contributed by atoms with van der Waals surface area (Å²) < 4.78 is 0. The van der Waals surface area contributed by atoms with Crippen LogP contribution in [-0.4, -0.2) is 20.6 Å². The molecule has 2 atom stereocenters. The molecule has 1 N–H and O–H groups in total. The molecule has 7 heteroatoms. The summed E-state index contributed by atoms with van der Waals surface area (Å²) in [5.41, 5.74) is 0.925. The van der Waals surface area contributed by atoms with E-state index in [0.717, 1.165) is 5.56 Å². The molecule has 2 aromatic carbocycles. The third-order valence-electron chi connectivity index (χ3n) is 3.10. The Bertz CT molecular complexity index is 703. The summed E-state index contributed by atoms with van der Waals surface area (Å²) in [5, 5.41) is 20.4. The predicted octanol–water partition coefficient (Wildman–Crippen LogP) is 4.38. The molecule has 2 rings (SSSR count). The second-order valence-electron chi connectivity index (χ2n) is 4.53. The molecule has 0 aromatic heterocycles. The Morgan fingerprint density at radius 3 is 2.23 bits per heavy atom. The maximum absolute atomic E-state index is 12.4. The van der Waals surface area contributed by atoms with Gasteiger partial charge in [-0.3, -0.25) is 14.9 Å². The predicted molar refractivity (Wildman–Crippen MR) is 89.9 cm³/mol. The van der Waals surface area contributed by atoms with Crippen LogP contribution in [0.1, 0.15) is 20.7 Å². The minimum Gasteiger partial charge on any atom is -0.507 e. The summed E-state index contributed by atoms with van der Waals surface area (Å²) in [4.78, 5) is 21.6. The van der Waals surface area contributed by atoms with E-state index in [4.69, 9.17) is 0 Å². The van der Waals surface area contributed by atoms with Crippen molar-refractivity contribution < 1.29 is 14.8 Å². The minimum atomic E-state index is -0.623. The van der Waals surface area contributed by atoms with Crippen LogP contribution in [0.4, 0.5) is 5.69 Å². The molecule has 0 spiro atoms. The van der Waals surface area contributed by atoms with E-state index in [9.17, 15) is 20.0 Å². The number of alkyl halides is 2. The van der Waals surface area contributed by atoms with Gasteiger partial charge in [0.2, 0.25) is 0 Å². The van der Waals surface area contributed by atoms with Crippen LogP contribution in [0.3, 0.4) is 0 Å². The lowest BCUT2D eigenvalue weighted by Gasteiger charge is -2.16. The third-order valence-corrected chi connectivity index (χ3v) is 5.81. The van der Waals surface area contributed by atoms with E-state index in [1.165, 1.54) is 18.2 Å². The number of aromatic hydroxyl groups is 1. The van der Waals surface area contributed by atoms with Gasteiger partial charge in [-0.1, -0.05) is 56.1 Å². The summed E-state index contributed by atoms with van der Waals surface area (Å²) in [5.74, 6) is -0.362. The van der Waals surface area contributed by atoms with E-state index < -0.39 is 9.75 Å². The second kappa shape index (κ2) is 7.02. The van der Waals surface area contributed by atoms with Crippen molar-refractivity contribution >= 4 is 43.3 Å². The first-order valence-corrected chi connectivity index (χ1v) is 8.09. The molecule has 0 fully saturated rings. The molecule has 0 radical (unpaired) electrons. The lowest BCUT2D eigenvalue weighted by atomic mass is 10.0. The van der Waals surface area contributed by atoms with Gasteiger partial charge >= 0.3 is 0 Å². The van der Waals surface area contributed by atoms with E-state index >= 15 is 0 Å². The Morgan fingerprint density at radius 1 is 1.09 bits per heavy atom. The summed E-state index contributed by atoms with van der Waals surface area (Å²) in [6, 6.07) is 12.2. The molecule has 5 nitrogen and oxygen atoms in total. The average molecular weight is 429 g/mol. The third kappa shape index (κ3) is 3.53. The standard InChI is InChI=1S/C15H11Br2NO4/c16-13(9-5-7-10(8-6-9)18(21)22)14(17)15(20)11-3-1-2-4-12(11)19/h1-8,13-14,19H. The van der Waals surface area contributed by atoms with Crippen LogP contribution >= 0.6 is 31.9 Å². The zero-order valence-electron chi connectivity index (χ0n) is 11.1. The topological polar surface area (TPSA) is 80.4 Å². The smallest absolute Gasteiger partial charge is 0.269 e. The number of hydrogen-bond acceptors (Lipinski definition) is 4. The number of hydrogen-bond donors (Lipinski definition) is 1. The van der Waals surface area contributed by atoms with Crippen molar-refractivity contribution in [1.29, 1.82) is 0 Å². The van der Waals surface area contributed by atoms with Crippen molar-refractivity contribution in [3.8, 4) is 5.75 Å². The number of carbonyl (C=O) groups excluding carboxylic acids is 1. The Hall–Kier alpha value is -1.73. The van der Waals surface area contributed by atoms with Gasteiger partial charge in [0.15, 0.2) is 5.78 Å². The van der Waals surface area contributed by atoms with Crippen LogP contribution in [0, 0.1) is 10.1 Å². The highest BCUT2D eigenvalue weighted by Crippen LogP contribution is 2.35. The van der Waals surface area contributed by atoms with Gasteiger partial charge in [0, 0.05) is 12.1 Å². The molecular formula is C15H11Br2NO4. The van der Waals surface area contributed by atoms with Gasteiger partial charge < -0.3 is 5.11 Å². The Kier molecular flexibility index (Phi) is 5.31. The first-order valence-electron chi connectivity index (χ1n) is 6.26. The van der Waals surface area contributed by atoms with Crippen molar-refractivity contribution in [3.63, 3.8) is 0 Å². The maximum Gasteiger partial charge on any atom is 0.269 e. The average Bonchev–Trinajstić information content (AvgIpc) is 2.53. The summed E-state index contributed by atoms with van der Waals surface area (Å²) in [6.07, 6.45) is 0. The highest BCUT2D eigenvalue weighted by Gasteiger charge is 2.27. The zero-order valence-corrected chi connectivity index (χ0v) is 14.3. The van der Waals surface area contributed by atoms with Crippen LogP contribution in [-0.2, 0) is 0 Å². The molecule has 0 saturated heterocycles. The summed E-state index contributed by atoms with van der Waals surface area (Å²) in [7, 11) is 0. The summed E-state index contributed by atoms with van der Waals surface area (Å²) >= 11 is 6.74. The highest BCUT2D eigenvalue weighted by atomic mass is 79.9. The molecule has 22 heavy (non-hydrogen) atoms. The Balaban J connectivity index is 2.21. The van der Waals surface area contributed by atoms with Gasteiger partial charge in [-0.05, 0) is 17.7 Å². The number of carbonyl (C=O) groups is 1. The number of ketones is 1. The fourth-order valence-corrected chi connectivity index (χ4v) is 3.01. The van der Waals surface area contributed by atoms with E-state index in [2.05, 4.69) is 31.9 Å². The number of phenols is 1. The number of phenolic OH excluding ortho intramolecular Hbond substituents is 1. The number of Topliss-reactive ketones (excluding diaryl/α,β-unsaturated/α-hetero) is 1. The quantitative estimate of drug-likeness (QED) is 0.331. The Morgan fingerprint density at radius 2 is 1.68 bits per heavy atom. The van der Waals surface area contributed by atoms with Gasteiger partial charge in [0.05, 0.1) is 20.1 Å². The van der Waals surface area contributed by atoms with Crippen molar-refractivity contribution in [2.75, 3.05) is 0 Å². The number of nitrogens with zero attached hydrogens (tertiary/aromatic N) is 1. The molecule has 0 aliphatic heterocycles. The van der Waals surface area contributed by atoms with E-state index in [1.54, 1.807) is 30.3 Å². The molecule has 0 aliphatic carbocycles. The highest BCUT2D eigenvalue weighted by molar-refractivity contribution is 9.12. The number of para-hydroxylation sites is 1. The molecule has 114 valence electrons. The molecule has 0 bridgehead atoms. The van der Waals surface area contributed by atoms with Gasteiger partial charge in [0.1, 0.15) is 5.75 Å². The first kappa shape index (κ1) is 16.6. The van der Waals surface area contributed by atoms with Crippen LogP contribution in [0.25, 0.3) is 0 Å². The van der Waals surface area contributed by atoms with Crippen molar-refractivity contribution in [2.45, 2.75) is 9.65 Å². The lowest BCUT2D eigenvalue weighted by molar-refractivity contribution is -0.384. The van der Waals surface area contributed by atoms with E-state index in [1.807, 2.05) is 0 Å². The monoisotopic (exact) mass is 427 g/mol. The van der Waals surface area contributed by atoms with Crippen molar-refractivity contribution in [2.24, 2.45) is 0 Å².